The van der Waals surface area contributed by atoms with Gasteiger partial charge >= 0.3 is 0 Å². The number of thiophene rings is 1. The summed E-state index contributed by atoms with van der Waals surface area (Å²) in [5.74, 6) is 0.102. The number of carbonyl (C=O) groups excluding carboxylic acids is 2. The van der Waals surface area contributed by atoms with Gasteiger partial charge in [-0.2, -0.15) is 9.78 Å². The summed E-state index contributed by atoms with van der Waals surface area (Å²) >= 11 is 9.04. The first-order chi connectivity index (χ1) is 19.1. The smallest absolute Gasteiger partial charge is 0.253 e. The Bertz CT molecular complexity index is 1730. The third-order valence-electron chi connectivity index (χ3n) is 6.05. The Labute approximate surface area is 243 Å². The van der Waals surface area contributed by atoms with Crippen molar-refractivity contribution in [2.75, 3.05) is 0 Å². The lowest BCUT2D eigenvalue weighted by atomic mass is 9.96. The molecular formula is C29H25ClN4O4S2. The first-order valence-corrected chi connectivity index (χ1v) is 14.5. The fourth-order valence-corrected chi connectivity index (χ4v) is 6.09. The first-order valence-electron chi connectivity index (χ1n) is 12.3. The summed E-state index contributed by atoms with van der Waals surface area (Å²) in [4.78, 5) is 45.0. The van der Waals surface area contributed by atoms with E-state index < -0.39 is 5.41 Å². The van der Waals surface area contributed by atoms with E-state index in [2.05, 4.69) is 4.98 Å². The van der Waals surface area contributed by atoms with E-state index in [0.29, 0.717) is 37.6 Å². The second-order valence-corrected chi connectivity index (χ2v) is 12.8. The predicted octanol–water partition coefficient (Wildman–Crippen LogP) is 6.94. The molecule has 8 nitrogen and oxygen atoms in total. The van der Waals surface area contributed by atoms with Crippen molar-refractivity contribution in [2.45, 2.75) is 38.1 Å². The number of aromatic nitrogens is 4. The summed E-state index contributed by atoms with van der Waals surface area (Å²) in [6.45, 7) is 5.26. The summed E-state index contributed by atoms with van der Waals surface area (Å²) in [5, 5.41) is 5.31. The van der Waals surface area contributed by atoms with Crippen LogP contribution >= 0.6 is 34.7 Å². The summed E-state index contributed by atoms with van der Waals surface area (Å²) in [5.41, 5.74) is 1.52. The number of hydrogen-bond donors (Lipinski definition) is 0. The lowest BCUT2D eigenvalue weighted by Crippen LogP contribution is -2.28. The minimum absolute atomic E-state index is 0.195. The molecule has 0 aliphatic heterocycles. The average molecular weight is 593 g/mol. The van der Waals surface area contributed by atoms with Gasteiger partial charge in [-0.1, -0.05) is 32.4 Å². The number of nitrogens with zero attached hydrogens (tertiary/aromatic N) is 4. The second-order valence-electron chi connectivity index (χ2n) is 10.1. The van der Waals surface area contributed by atoms with Gasteiger partial charge in [0.05, 0.1) is 28.4 Å². The average Bonchev–Trinajstić information content (AvgIpc) is 3.69. The highest BCUT2D eigenvalue weighted by atomic mass is 35.5. The van der Waals surface area contributed by atoms with Crippen LogP contribution in [-0.2, 0) is 12.3 Å². The maximum absolute atomic E-state index is 13.5. The molecule has 0 amide bonds. The van der Waals surface area contributed by atoms with Crippen LogP contribution < -0.4 is 5.56 Å². The van der Waals surface area contributed by atoms with Crippen LogP contribution in [0.3, 0.4) is 0 Å². The Morgan fingerprint density at radius 2 is 1.82 bits per heavy atom. The Balaban J connectivity index is 1.64. The van der Waals surface area contributed by atoms with Crippen LogP contribution in [-0.4, -0.2) is 31.0 Å². The number of ketones is 1. The molecule has 5 heterocycles. The van der Waals surface area contributed by atoms with E-state index >= 15 is 0 Å². The topological polar surface area (TPSA) is 100.0 Å². The molecule has 0 fully saturated rings. The molecular weight excluding hydrogens is 568 g/mol. The van der Waals surface area contributed by atoms with Crippen molar-refractivity contribution in [1.29, 1.82) is 0 Å². The zero-order valence-corrected chi connectivity index (χ0v) is 24.3. The Hall–Kier alpha value is -3.73. The summed E-state index contributed by atoms with van der Waals surface area (Å²) in [6, 6.07) is 14.0. The molecule has 0 spiro atoms. The number of carbonyl (C=O) groups is 2. The molecule has 0 saturated carbocycles. The van der Waals surface area contributed by atoms with Crippen molar-refractivity contribution in [3.63, 3.8) is 0 Å². The molecule has 0 aliphatic rings. The van der Waals surface area contributed by atoms with E-state index in [0.717, 1.165) is 10.4 Å². The Morgan fingerprint density at radius 3 is 2.48 bits per heavy atom. The van der Waals surface area contributed by atoms with Crippen molar-refractivity contribution in [2.24, 2.45) is 5.41 Å². The minimum Gasteiger partial charge on any atom is -0.472 e. The quantitative estimate of drug-likeness (QED) is 0.142. The molecule has 0 unspecified atom stereocenters. The second kappa shape index (κ2) is 11.4. The minimum atomic E-state index is -0.708. The Morgan fingerprint density at radius 1 is 1.05 bits per heavy atom. The summed E-state index contributed by atoms with van der Waals surface area (Å²) in [6.07, 6.45) is 6.05. The highest BCUT2D eigenvalue weighted by Crippen LogP contribution is 2.33. The number of pyridine rings is 2. The molecule has 0 aliphatic carbocycles. The number of thioether (sulfide) groups is 1. The van der Waals surface area contributed by atoms with Gasteiger partial charge in [0.25, 0.3) is 11.5 Å². The molecule has 0 radical (unpaired) electrons. The normalized spacial score (nSPS) is 11.6. The van der Waals surface area contributed by atoms with Gasteiger partial charge in [-0.15, -0.1) is 23.1 Å². The van der Waals surface area contributed by atoms with Crippen molar-refractivity contribution in [3.8, 4) is 22.5 Å². The SMILES string of the molecule is CC(C)(C)C(=O)n1nc(-c2cc(-c3ccncc3)cc(=O)n2CC(=O)c2ccoc2)cc1SCc1ccc(Cl)s1. The van der Waals surface area contributed by atoms with E-state index in [1.165, 1.54) is 50.9 Å². The third kappa shape index (κ3) is 6.04. The van der Waals surface area contributed by atoms with Crippen LogP contribution in [0.25, 0.3) is 22.5 Å². The third-order valence-corrected chi connectivity index (χ3v) is 8.51. The van der Waals surface area contributed by atoms with Crippen LogP contribution in [0.1, 0.15) is 40.8 Å². The van der Waals surface area contributed by atoms with Gasteiger partial charge in [-0.05, 0) is 47.5 Å². The molecule has 5 aromatic heterocycles. The summed E-state index contributed by atoms with van der Waals surface area (Å²) < 4.78 is 8.52. The van der Waals surface area contributed by atoms with Crippen LogP contribution in [0.2, 0.25) is 4.34 Å². The van der Waals surface area contributed by atoms with Crippen LogP contribution in [0, 0.1) is 5.41 Å². The highest BCUT2D eigenvalue weighted by Gasteiger charge is 2.28. The fraction of sp³-hybridized carbons (Fsp3) is 0.207. The van der Waals surface area contributed by atoms with Gasteiger partial charge in [-0.25, -0.2) is 0 Å². The van der Waals surface area contributed by atoms with Gasteiger partial charge < -0.3 is 4.42 Å². The number of furan rings is 1. The van der Waals surface area contributed by atoms with E-state index in [4.69, 9.17) is 21.1 Å². The van der Waals surface area contributed by atoms with Gasteiger partial charge in [0.15, 0.2) is 5.78 Å². The molecule has 0 N–H and O–H groups in total. The maximum atomic E-state index is 13.5. The molecule has 204 valence electrons. The molecule has 0 saturated heterocycles. The van der Waals surface area contributed by atoms with E-state index in [9.17, 15) is 14.4 Å². The van der Waals surface area contributed by atoms with Gasteiger partial charge in [0.1, 0.15) is 17.0 Å². The molecule has 0 atom stereocenters. The zero-order chi connectivity index (χ0) is 28.4. The Kier molecular flexibility index (Phi) is 7.93. The molecule has 40 heavy (non-hydrogen) atoms. The fourth-order valence-electron chi connectivity index (χ4n) is 3.97. The largest absolute Gasteiger partial charge is 0.472 e. The lowest BCUT2D eigenvalue weighted by Gasteiger charge is -2.17. The number of halogens is 1. The number of hydrogen-bond acceptors (Lipinski definition) is 8. The van der Waals surface area contributed by atoms with Crippen molar-refractivity contribution in [3.05, 3.63) is 98.6 Å². The van der Waals surface area contributed by atoms with Crippen molar-refractivity contribution >= 4 is 46.4 Å². The maximum Gasteiger partial charge on any atom is 0.253 e. The molecule has 0 bridgehead atoms. The van der Waals surface area contributed by atoms with Crippen LogP contribution in [0.5, 0.6) is 0 Å². The van der Waals surface area contributed by atoms with Crippen LogP contribution in [0.4, 0.5) is 0 Å². The van der Waals surface area contributed by atoms with Gasteiger partial charge in [0.2, 0.25) is 0 Å². The molecule has 5 rings (SSSR count). The highest BCUT2D eigenvalue weighted by molar-refractivity contribution is 7.98. The number of rotatable bonds is 8. The standard InChI is InChI=1S/C29H25ClN4O4S2/c1-29(2,3)28(37)34-27(39-17-21-4-5-25(30)40-21)14-22(32-34)23-12-20(18-6-9-31-10-7-18)13-26(36)33(23)15-24(35)19-8-11-38-16-19/h4-14,16H,15,17H2,1-3H3. The monoisotopic (exact) mass is 592 g/mol. The molecule has 5 aromatic rings. The van der Waals surface area contributed by atoms with E-state index in [1.54, 1.807) is 42.7 Å². The molecule has 0 aromatic carbocycles. The predicted molar refractivity (Wildman–Crippen MR) is 157 cm³/mol. The van der Waals surface area contributed by atoms with E-state index in [-0.39, 0.29) is 23.8 Å². The van der Waals surface area contributed by atoms with Crippen LogP contribution in [0.15, 0.2) is 87.7 Å². The first kappa shape index (κ1) is 27.8. The van der Waals surface area contributed by atoms with E-state index in [1.807, 2.05) is 32.9 Å². The van der Waals surface area contributed by atoms with Gasteiger partial charge in [-0.3, -0.25) is 23.9 Å². The summed E-state index contributed by atoms with van der Waals surface area (Å²) in [7, 11) is 0. The lowest BCUT2D eigenvalue weighted by molar-refractivity contribution is 0.0736. The molecule has 11 heteroatoms. The van der Waals surface area contributed by atoms with Gasteiger partial charge in [0, 0.05) is 40.6 Å². The van der Waals surface area contributed by atoms with Crippen molar-refractivity contribution < 1.29 is 14.0 Å². The number of Topliss-reactive ketones (excluding diaryl/α,β-unsaturated/α-hetero) is 1. The van der Waals surface area contributed by atoms with Crippen molar-refractivity contribution in [1.82, 2.24) is 19.3 Å². The zero-order valence-electron chi connectivity index (χ0n) is 22.0.